The van der Waals surface area contributed by atoms with E-state index in [0.717, 1.165) is 18.1 Å². The highest BCUT2D eigenvalue weighted by molar-refractivity contribution is 4.99. The standard InChI is InChI=1S/C17H31N3/c1-2-3-4-5-6-7-11-14-16-18-17(20-19-16)15-12-9-8-10-13-15/h15H,2-14H2,1H3,(H,18,19,20). The second-order valence-electron chi connectivity index (χ2n) is 6.35. The quantitative estimate of drug-likeness (QED) is 0.634. The Morgan fingerprint density at radius 3 is 2.40 bits per heavy atom. The highest BCUT2D eigenvalue weighted by Crippen LogP contribution is 2.30. The highest BCUT2D eigenvalue weighted by Gasteiger charge is 2.19. The lowest BCUT2D eigenvalue weighted by atomic mass is 9.89. The number of aromatic nitrogens is 3. The Morgan fingerprint density at radius 2 is 1.65 bits per heavy atom. The van der Waals surface area contributed by atoms with Crippen LogP contribution in [0.25, 0.3) is 0 Å². The second-order valence-corrected chi connectivity index (χ2v) is 6.35. The Morgan fingerprint density at radius 1 is 0.950 bits per heavy atom. The van der Waals surface area contributed by atoms with Gasteiger partial charge in [0.05, 0.1) is 0 Å². The van der Waals surface area contributed by atoms with Gasteiger partial charge in [-0.2, -0.15) is 5.10 Å². The van der Waals surface area contributed by atoms with Crippen LogP contribution in [0.5, 0.6) is 0 Å². The van der Waals surface area contributed by atoms with Crippen LogP contribution in [0.2, 0.25) is 0 Å². The van der Waals surface area contributed by atoms with E-state index < -0.39 is 0 Å². The van der Waals surface area contributed by atoms with Crippen LogP contribution in [0.15, 0.2) is 0 Å². The molecule has 0 saturated heterocycles. The summed E-state index contributed by atoms with van der Waals surface area (Å²) in [7, 11) is 0. The van der Waals surface area contributed by atoms with Gasteiger partial charge in [0.25, 0.3) is 0 Å². The molecule has 1 aromatic heterocycles. The van der Waals surface area contributed by atoms with Crippen molar-refractivity contribution < 1.29 is 0 Å². The minimum absolute atomic E-state index is 0.628. The van der Waals surface area contributed by atoms with E-state index in [0.29, 0.717) is 5.92 Å². The Balaban J connectivity index is 1.60. The Bertz CT molecular complexity index is 353. The molecular weight excluding hydrogens is 246 g/mol. The normalized spacial score (nSPS) is 16.6. The zero-order valence-corrected chi connectivity index (χ0v) is 13.2. The molecule has 1 saturated carbocycles. The molecular formula is C17H31N3. The summed E-state index contributed by atoms with van der Waals surface area (Å²) in [5.74, 6) is 2.82. The van der Waals surface area contributed by atoms with Gasteiger partial charge in [0.1, 0.15) is 5.82 Å². The summed E-state index contributed by atoms with van der Waals surface area (Å²) in [6, 6.07) is 0. The van der Waals surface area contributed by atoms with Crippen LogP contribution in [0.4, 0.5) is 0 Å². The molecule has 1 aliphatic carbocycles. The number of H-pyrrole nitrogens is 1. The van der Waals surface area contributed by atoms with Crippen molar-refractivity contribution in [1.82, 2.24) is 15.2 Å². The zero-order chi connectivity index (χ0) is 14.0. The van der Waals surface area contributed by atoms with Gasteiger partial charge in [-0.05, 0) is 19.3 Å². The van der Waals surface area contributed by atoms with E-state index in [1.165, 1.54) is 77.0 Å². The van der Waals surface area contributed by atoms with E-state index in [1.54, 1.807) is 0 Å². The molecule has 0 atom stereocenters. The number of rotatable bonds is 9. The molecule has 1 N–H and O–H groups in total. The monoisotopic (exact) mass is 277 g/mol. The fraction of sp³-hybridized carbons (Fsp3) is 0.882. The summed E-state index contributed by atoms with van der Waals surface area (Å²) in [4.78, 5) is 4.71. The van der Waals surface area contributed by atoms with Crippen LogP contribution in [0.1, 0.15) is 102 Å². The van der Waals surface area contributed by atoms with Crippen molar-refractivity contribution in [3.8, 4) is 0 Å². The molecule has 3 nitrogen and oxygen atoms in total. The molecule has 0 aromatic carbocycles. The van der Waals surface area contributed by atoms with Gasteiger partial charge in [-0.1, -0.05) is 64.7 Å². The van der Waals surface area contributed by atoms with Crippen LogP contribution in [0.3, 0.4) is 0 Å². The molecule has 114 valence electrons. The number of unbranched alkanes of at least 4 members (excludes halogenated alkanes) is 6. The van der Waals surface area contributed by atoms with Gasteiger partial charge >= 0.3 is 0 Å². The van der Waals surface area contributed by atoms with E-state index in [4.69, 9.17) is 4.98 Å². The summed E-state index contributed by atoms with van der Waals surface area (Å²) in [6.45, 7) is 2.27. The average molecular weight is 277 g/mol. The van der Waals surface area contributed by atoms with Crippen molar-refractivity contribution in [2.24, 2.45) is 0 Å². The number of aryl methyl sites for hydroxylation is 1. The number of aromatic amines is 1. The van der Waals surface area contributed by atoms with Gasteiger partial charge in [0.15, 0.2) is 5.82 Å². The first-order valence-electron chi connectivity index (χ1n) is 8.81. The van der Waals surface area contributed by atoms with Gasteiger partial charge in [-0.3, -0.25) is 5.10 Å². The minimum atomic E-state index is 0.628. The lowest BCUT2D eigenvalue weighted by Crippen LogP contribution is -2.06. The molecule has 0 bridgehead atoms. The third kappa shape index (κ3) is 5.26. The summed E-state index contributed by atoms with van der Waals surface area (Å²) in [6.07, 6.45) is 17.3. The Hall–Kier alpha value is -0.860. The van der Waals surface area contributed by atoms with Gasteiger partial charge in [-0.25, -0.2) is 4.98 Å². The third-order valence-corrected chi connectivity index (χ3v) is 4.54. The van der Waals surface area contributed by atoms with E-state index >= 15 is 0 Å². The Kier molecular flexibility index (Phi) is 7.10. The predicted molar refractivity (Wildman–Crippen MR) is 83.9 cm³/mol. The fourth-order valence-electron chi connectivity index (χ4n) is 3.21. The summed E-state index contributed by atoms with van der Waals surface area (Å²) in [5.41, 5.74) is 0. The van der Waals surface area contributed by atoms with E-state index in [2.05, 4.69) is 17.1 Å². The Labute approximate surface area is 124 Å². The SMILES string of the molecule is CCCCCCCCCc1nc(C2CCCCC2)n[nH]1. The van der Waals surface area contributed by atoms with Crippen LogP contribution < -0.4 is 0 Å². The van der Waals surface area contributed by atoms with Gasteiger partial charge in [0, 0.05) is 12.3 Å². The molecule has 0 amide bonds. The first kappa shape index (κ1) is 15.5. The maximum atomic E-state index is 4.71. The van der Waals surface area contributed by atoms with Gasteiger partial charge in [0.2, 0.25) is 0 Å². The maximum Gasteiger partial charge on any atom is 0.153 e. The largest absolute Gasteiger partial charge is 0.263 e. The average Bonchev–Trinajstić information content (AvgIpc) is 2.96. The molecule has 1 aromatic rings. The van der Waals surface area contributed by atoms with Crippen molar-refractivity contribution in [1.29, 1.82) is 0 Å². The van der Waals surface area contributed by atoms with E-state index in [-0.39, 0.29) is 0 Å². The zero-order valence-electron chi connectivity index (χ0n) is 13.2. The smallest absolute Gasteiger partial charge is 0.153 e. The molecule has 2 rings (SSSR count). The molecule has 0 unspecified atom stereocenters. The lowest BCUT2D eigenvalue weighted by molar-refractivity contribution is 0.429. The van der Waals surface area contributed by atoms with E-state index in [9.17, 15) is 0 Å². The highest BCUT2D eigenvalue weighted by atomic mass is 15.2. The number of nitrogens with one attached hydrogen (secondary N) is 1. The molecule has 0 spiro atoms. The van der Waals surface area contributed by atoms with Gasteiger partial charge < -0.3 is 0 Å². The second kappa shape index (κ2) is 9.15. The fourth-order valence-corrected chi connectivity index (χ4v) is 3.21. The van der Waals surface area contributed by atoms with Crippen LogP contribution in [-0.2, 0) is 6.42 Å². The summed E-state index contributed by atoms with van der Waals surface area (Å²) in [5, 5.41) is 7.60. The van der Waals surface area contributed by atoms with Crippen LogP contribution in [0, 0.1) is 0 Å². The topological polar surface area (TPSA) is 41.6 Å². The molecule has 1 fully saturated rings. The van der Waals surface area contributed by atoms with Crippen molar-refractivity contribution in [3.05, 3.63) is 11.6 Å². The summed E-state index contributed by atoms with van der Waals surface area (Å²) < 4.78 is 0. The van der Waals surface area contributed by atoms with Crippen molar-refractivity contribution in [3.63, 3.8) is 0 Å². The summed E-state index contributed by atoms with van der Waals surface area (Å²) >= 11 is 0. The van der Waals surface area contributed by atoms with E-state index in [1.807, 2.05) is 0 Å². The molecule has 1 heterocycles. The third-order valence-electron chi connectivity index (χ3n) is 4.54. The first-order chi connectivity index (χ1) is 9.90. The lowest BCUT2D eigenvalue weighted by Gasteiger charge is -2.17. The van der Waals surface area contributed by atoms with Crippen molar-refractivity contribution in [2.45, 2.75) is 96.3 Å². The predicted octanol–water partition coefficient (Wildman–Crippen LogP) is 5.15. The van der Waals surface area contributed by atoms with Crippen LogP contribution in [-0.4, -0.2) is 15.2 Å². The first-order valence-corrected chi connectivity index (χ1v) is 8.81. The minimum Gasteiger partial charge on any atom is -0.263 e. The number of hydrogen-bond acceptors (Lipinski definition) is 2. The maximum absolute atomic E-state index is 4.71. The molecule has 20 heavy (non-hydrogen) atoms. The molecule has 0 radical (unpaired) electrons. The van der Waals surface area contributed by atoms with Crippen LogP contribution >= 0.6 is 0 Å². The van der Waals surface area contributed by atoms with Crippen molar-refractivity contribution >= 4 is 0 Å². The van der Waals surface area contributed by atoms with Crippen molar-refractivity contribution in [2.75, 3.05) is 0 Å². The number of hydrogen-bond donors (Lipinski definition) is 1. The number of nitrogens with zero attached hydrogens (tertiary/aromatic N) is 2. The molecule has 3 heteroatoms. The molecule has 1 aliphatic rings. The van der Waals surface area contributed by atoms with Gasteiger partial charge in [-0.15, -0.1) is 0 Å². The molecule has 0 aliphatic heterocycles.